The molecule has 5 rings (SSSR count). The van der Waals surface area contributed by atoms with Gasteiger partial charge in [-0.1, -0.05) is 12.1 Å². The Kier molecular flexibility index (Phi) is 8.06. The number of pyridine rings is 2. The zero-order chi connectivity index (χ0) is 30.1. The third kappa shape index (κ3) is 5.61. The highest BCUT2D eigenvalue weighted by Crippen LogP contribution is 2.40. The maximum absolute atomic E-state index is 15.7. The average molecular weight is 583 g/mol. The first-order chi connectivity index (χ1) is 20.1. The molecule has 220 valence electrons. The number of ether oxygens (including phenoxy) is 1. The van der Waals surface area contributed by atoms with E-state index in [2.05, 4.69) is 20.2 Å². The molecule has 3 aromatic rings. The molecule has 1 amide bonds. The predicted molar refractivity (Wildman–Crippen MR) is 147 cm³/mol. The molecule has 2 saturated heterocycles. The number of nitrogens with one attached hydrogen (secondary N) is 1. The van der Waals surface area contributed by atoms with Crippen LogP contribution < -0.4 is 15.0 Å². The molecule has 0 bridgehead atoms. The molecule has 0 spiro atoms. The first-order valence-corrected chi connectivity index (χ1v) is 13.6. The van der Waals surface area contributed by atoms with Crippen LogP contribution in [0.3, 0.4) is 0 Å². The number of hydrogen-bond acceptors (Lipinski definition) is 7. The number of nitriles is 1. The molecule has 1 N–H and O–H groups in total. The second kappa shape index (κ2) is 11.6. The van der Waals surface area contributed by atoms with Crippen LogP contribution in [-0.2, 0) is 16.4 Å². The van der Waals surface area contributed by atoms with Crippen molar-refractivity contribution in [2.24, 2.45) is 0 Å². The maximum atomic E-state index is 15.7. The lowest BCUT2D eigenvalue weighted by Gasteiger charge is -2.42. The summed E-state index contributed by atoms with van der Waals surface area (Å²) in [6.45, 7) is 1.99. The Balaban J connectivity index is 1.47. The standard InChI is InChI=1S/C30H30F4N6O2/c1-39-12-9-20(18-39)37-28(41)29(19-15-22(31)27(36-17-19)21-5-3-4-6-25(21)42-2)10-13-40(14-11-29)24-7-8-26(30(32,33)34)38-23(24)16-35/h3-8,15,17,20H,9-14,18H2,1-2H3,(H,37,41)/t20-/m0/s1. The molecule has 0 radical (unpaired) electrons. The minimum absolute atomic E-state index is 0.0626. The Morgan fingerprint density at radius 2 is 1.90 bits per heavy atom. The number of halogens is 4. The number of anilines is 1. The summed E-state index contributed by atoms with van der Waals surface area (Å²) >= 11 is 0. The summed E-state index contributed by atoms with van der Waals surface area (Å²) in [6.07, 6.45) is -1.93. The fourth-order valence-electron chi connectivity index (χ4n) is 5.84. The maximum Gasteiger partial charge on any atom is 0.433 e. The van der Waals surface area contributed by atoms with E-state index in [-0.39, 0.29) is 55.0 Å². The van der Waals surface area contributed by atoms with Crippen LogP contribution in [0.5, 0.6) is 5.75 Å². The third-order valence-electron chi connectivity index (χ3n) is 8.15. The molecule has 0 saturated carbocycles. The SMILES string of the molecule is COc1ccccc1-c1ncc(C2(C(=O)N[C@H]3CCN(C)C3)CCN(c3ccc(C(F)(F)F)nc3C#N)CC2)cc1F. The van der Waals surface area contributed by atoms with Gasteiger partial charge in [0.2, 0.25) is 5.91 Å². The average Bonchev–Trinajstić information content (AvgIpc) is 3.40. The molecular formula is C30H30F4N6O2. The highest BCUT2D eigenvalue weighted by molar-refractivity contribution is 5.89. The third-order valence-corrected chi connectivity index (χ3v) is 8.15. The number of amides is 1. The monoisotopic (exact) mass is 582 g/mol. The fourth-order valence-corrected chi connectivity index (χ4v) is 5.84. The Bertz CT molecular complexity index is 1510. The van der Waals surface area contributed by atoms with Gasteiger partial charge in [-0.25, -0.2) is 9.37 Å². The number of piperidine rings is 1. The van der Waals surface area contributed by atoms with Gasteiger partial charge in [-0.2, -0.15) is 18.4 Å². The Hall–Kier alpha value is -4.24. The van der Waals surface area contributed by atoms with E-state index < -0.39 is 23.1 Å². The Labute approximate surface area is 240 Å². The van der Waals surface area contributed by atoms with Gasteiger partial charge in [0.15, 0.2) is 5.69 Å². The second-order valence-corrected chi connectivity index (χ2v) is 10.7. The number of methoxy groups -OCH3 is 1. The van der Waals surface area contributed by atoms with Crippen LogP contribution in [-0.4, -0.2) is 67.2 Å². The van der Waals surface area contributed by atoms with Crippen LogP contribution in [0.1, 0.15) is 36.2 Å². The number of para-hydroxylation sites is 1. The first kappa shape index (κ1) is 29.3. The number of likely N-dealkylation sites (tertiary alicyclic amines) is 1. The summed E-state index contributed by atoms with van der Waals surface area (Å²) in [5.74, 6) is -0.396. The molecule has 2 aliphatic rings. The second-order valence-electron chi connectivity index (χ2n) is 10.7. The first-order valence-electron chi connectivity index (χ1n) is 13.6. The van der Waals surface area contributed by atoms with E-state index in [1.165, 1.54) is 25.4 Å². The predicted octanol–water partition coefficient (Wildman–Crippen LogP) is 4.54. The van der Waals surface area contributed by atoms with Gasteiger partial charge in [-0.15, -0.1) is 0 Å². The molecule has 2 aromatic heterocycles. The molecule has 12 heteroatoms. The van der Waals surface area contributed by atoms with Crippen LogP contribution in [0.15, 0.2) is 48.7 Å². The zero-order valence-corrected chi connectivity index (χ0v) is 23.2. The quantitative estimate of drug-likeness (QED) is 0.427. The van der Waals surface area contributed by atoms with Crippen LogP contribution in [0.4, 0.5) is 23.2 Å². The Morgan fingerprint density at radius 3 is 2.52 bits per heavy atom. The Morgan fingerprint density at radius 1 is 1.17 bits per heavy atom. The number of aromatic nitrogens is 2. The molecular weight excluding hydrogens is 552 g/mol. The van der Waals surface area contributed by atoms with E-state index in [0.717, 1.165) is 19.0 Å². The summed E-state index contributed by atoms with van der Waals surface area (Å²) in [5, 5.41) is 12.7. The van der Waals surface area contributed by atoms with Gasteiger partial charge in [0, 0.05) is 37.4 Å². The molecule has 2 aliphatic heterocycles. The lowest BCUT2D eigenvalue weighted by molar-refractivity contribution is -0.141. The molecule has 42 heavy (non-hydrogen) atoms. The van der Waals surface area contributed by atoms with E-state index in [4.69, 9.17) is 4.74 Å². The summed E-state index contributed by atoms with van der Waals surface area (Å²) in [6, 6.07) is 12.1. The van der Waals surface area contributed by atoms with Crippen molar-refractivity contribution in [3.8, 4) is 23.1 Å². The molecule has 0 aliphatic carbocycles. The van der Waals surface area contributed by atoms with Crippen molar-refractivity contribution in [3.63, 3.8) is 0 Å². The van der Waals surface area contributed by atoms with Crippen LogP contribution >= 0.6 is 0 Å². The number of likely N-dealkylation sites (N-methyl/N-ethyl adjacent to an activating group) is 1. The number of rotatable bonds is 6. The fraction of sp³-hybridized carbons (Fsp3) is 0.400. The zero-order valence-electron chi connectivity index (χ0n) is 23.2. The molecule has 0 unspecified atom stereocenters. The van der Waals surface area contributed by atoms with Crippen molar-refractivity contribution in [1.82, 2.24) is 20.2 Å². The summed E-state index contributed by atoms with van der Waals surface area (Å²) in [7, 11) is 3.46. The number of nitrogens with zero attached hydrogens (tertiary/aromatic N) is 5. The van der Waals surface area contributed by atoms with Gasteiger partial charge in [0.1, 0.15) is 29.0 Å². The van der Waals surface area contributed by atoms with Crippen LogP contribution in [0, 0.1) is 17.1 Å². The number of hydrogen-bond donors (Lipinski definition) is 1. The summed E-state index contributed by atoms with van der Waals surface area (Å²) in [5.41, 5.74) is -1.39. The van der Waals surface area contributed by atoms with Crippen molar-refractivity contribution in [1.29, 1.82) is 5.26 Å². The van der Waals surface area contributed by atoms with Gasteiger partial charge in [0.05, 0.1) is 18.2 Å². The van der Waals surface area contributed by atoms with E-state index in [9.17, 15) is 23.2 Å². The molecule has 4 heterocycles. The van der Waals surface area contributed by atoms with Gasteiger partial charge in [-0.05, 0) is 68.8 Å². The van der Waals surface area contributed by atoms with E-state index in [1.807, 2.05) is 7.05 Å². The van der Waals surface area contributed by atoms with E-state index in [1.54, 1.807) is 35.2 Å². The van der Waals surface area contributed by atoms with Crippen molar-refractivity contribution < 1.29 is 27.1 Å². The number of alkyl halides is 3. The van der Waals surface area contributed by atoms with Gasteiger partial charge >= 0.3 is 6.18 Å². The van der Waals surface area contributed by atoms with Gasteiger partial charge in [0.25, 0.3) is 0 Å². The highest BCUT2D eigenvalue weighted by Gasteiger charge is 2.45. The lowest BCUT2D eigenvalue weighted by atomic mass is 9.72. The number of benzene rings is 1. The summed E-state index contributed by atoms with van der Waals surface area (Å²) in [4.78, 5) is 25.8. The molecule has 8 nitrogen and oxygen atoms in total. The highest BCUT2D eigenvalue weighted by atomic mass is 19.4. The van der Waals surface area contributed by atoms with Crippen molar-refractivity contribution in [2.45, 2.75) is 36.9 Å². The van der Waals surface area contributed by atoms with Gasteiger partial charge < -0.3 is 19.9 Å². The van der Waals surface area contributed by atoms with Crippen molar-refractivity contribution >= 4 is 11.6 Å². The lowest BCUT2D eigenvalue weighted by Crippen LogP contribution is -2.54. The molecule has 1 atom stereocenters. The van der Waals surface area contributed by atoms with Crippen LogP contribution in [0.25, 0.3) is 11.3 Å². The molecule has 2 fully saturated rings. The minimum Gasteiger partial charge on any atom is -0.496 e. The number of carbonyl (C=O) groups excluding carboxylic acids is 1. The molecule has 1 aromatic carbocycles. The summed E-state index contributed by atoms with van der Waals surface area (Å²) < 4.78 is 60.6. The largest absolute Gasteiger partial charge is 0.496 e. The van der Waals surface area contributed by atoms with Gasteiger partial charge in [-0.3, -0.25) is 9.78 Å². The minimum atomic E-state index is -4.68. The van der Waals surface area contributed by atoms with Crippen molar-refractivity contribution in [3.05, 3.63) is 71.4 Å². The van der Waals surface area contributed by atoms with E-state index in [0.29, 0.717) is 23.4 Å². The normalized spacial score (nSPS) is 18.9. The number of carbonyl (C=O) groups is 1. The topological polar surface area (TPSA) is 94.4 Å². The van der Waals surface area contributed by atoms with Crippen LogP contribution in [0.2, 0.25) is 0 Å². The van der Waals surface area contributed by atoms with E-state index >= 15 is 4.39 Å². The smallest absolute Gasteiger partial charge is 0.433 e. The van der Waals surface area contributed by atoms with Crippen molar-refractivity contribution in [2.75, 3.05) is 45.2 Å².